The number of amides is 1. The average Bonchev–Trinajstić information content (AvgIpc) is 2.65. The van der Waals surface area contributed by atoms with Crippen molar-refractivity contribution in [3.8, 4) is 5.75 Å². The fraction of sp³-hybridized carbons (Fsp3) is 0.667. The van der Waals surface area contributed by atoms with Crippen LogP contribution in [-0.2, 0) is 0 Å². The molecule has 1 fully saturated rings. The smallest absolute Gasteiger partial charge is 0.261 e. The van der Waals surface area contributed by atoms with Gasteiger partial charge in [0.2, 0.25) is 0 Å². The average molecular weight is 311 g/mol. The van der Waals surface area contributed by atoms with Crippen molar-refractivity contribution in [3.05, 3.63) is 4.88 Å². The highest BCUT2D eigenvalue weighted by molar-refractivity contribution is 7.19. The van der Waals surface area contributed by atoms with Crippen LogP contribution in [0, 0.1) is 5.41 Å². The van der Waals surface area contributed by atoms with Crippen molar-refractivity contribution < 1.29 is 9.53 Å². The lowest BCUT2D eigenvalue weighted by Gasteiger charge is -2.39. The van der Waals surface area contributed by atoms with Crippen molar-refractivity contribution in [1.29, 1.82) is 0 Å². The molecule has 0 aliphatic carbocycles. The lowest BCUT2D eigenvalue weighted by Crippen LogP contribution is -2.39. The zero-order chi connectivity index (χ0) is 15.8. The first kappa shape index (κ1) is 15.9. The molecule has 0 bridgehead atoms. The third kappa shape index (κ3) is 3.43. The molecule has 0 unspecified atom stereocenters. The second-order valence-corrected chi connectivity index (χ2v) is 7.70. The molecule has 0 aromatic carbocycles. The number of hydrogen-bond donors (Lipinski definition) is 2. The van der Waals surface area contributed by atoms with E-state index in [2.05, 4.69) is 18.7 Å². The summed E-state index contributed by atoms with van der Waals surface area (Å²) < 4.78 is 5.86. The lowest BCUT2D eigenvalue weighted by molar-refractivity contribution is 0.100. The molecule has 1 saturated heterocycles. The first-order valence-electron chi connectivity index (χ1n) is 7.35. The Hall–Kier alpha value is -1.43. The Morgan fingerprint density at radius 1 is 1.43 bits per heavy atom. The van der Waals surface area contributed by atoms with Crippen molar-refractivity contribution >= 4 is 27.9 Å². The van der Waals surface area contributed by atoms with Gasteiger partial charge in [0, 0.05) is 13.1 Å². The van der Waals surface area contributed by atoms with Gasteiger partial charge in [0.25, 0.3) is 5.91 Å². The number of primary amides is 1. The number of hydrogen-bond acceptors (Lipinski definition) is 5. The van der Waals surface area contributed by atoms with Crippen LogP contribution in [-0.4, -0.2) is 25.1 Å². The highest BCUT2D eigenvalue weighted by Gasteiger charge is 2.31. The number of thiophene rings is 1. The molecule has 1 aliphatic heterocycles. The van der Waals surface area contributed by atoms with Gasteiger partial charge in [-0.3, -0.25) is 4.79 Å². The molecule has 21 heavy (non-hydrogen) atoms. The van der Waals surface area contributed by atoms with Crippen molar-refractivity contribution in [2.24, 2.45) is 11.1 Å². The number of nitrogen functional groups attached to an aromatic ring is 1. The van der Waals surface area contributed by atoms with Crippen molar-refractivity contribution in [1.82, 2.24) is 0 Å². The van der Waals surface area contributed by atoms with Crippen molar-refractivity contribution in [2.75, 3.05) is 23.7 Å². The van der Waals surface area contributed by atoms with Gasteiger partial charge < -0.3 is 21.1 Å². The lowest BCUT2D eigenvalue weighted by atomic mass is 9.84. The SMILES string of the molecule is CC(C)Oc1c(N2CCCC(C)(C)C2)sc(C(N)=O)c1N. The van der Waals surface area contributed by atoms with Gasteiger partial charge in [-0.2, -0.15) is 0 Å². The van der Waals surface area contributed by atoms with Crippen LogP contribution >= 0.6 is 11.3 Å². The van der Waals surface area contributed by atoms with E-state index in [-0.39, 0.29) is 11.5 Å². The molecule has 2 rings (SSSR count). The Morgan fingerprint density at radius 3 is 2.62 bits per heavy atom. The number of carbonyl (C=O) groups is 1. The van der Waals surface area contributed by atoms with Crippen LogP contribution in [0.25, 0.3) is 0 Å². The van der Waals surface area contributed by atoms with Crippen LogP contribution in [0.1, 0.15) is 50.2 Å². The third-order valence-corrected chi connectivity index (χ3v) is 4.91. The Bertz CT molecular complexity index is 537. The Labute approximate surface area is 130 Å². The first-order valence-corrected chi connectivity index (χ1v) is 8.16. The first-order chi connectivity index (χ1) is 9.71. The van der Waals surface area contributed by atoms with Crippen molar-refractivity contribution in [2.45, 2.75) is 46.6 Å². The number of nitrogens with two attached hydrogens (primary N) is 2. The molecule has 4 N–H and O–H groups in total. The minimum atomic E-state index is -0.492. The zero-order valence-electron chi connectivity index (χ0n) is 13.2. The van der Waals surface area contributed by atoms with E-state index in [1.165, 1.54) is 17.8 Å². The highest BCUT2D eigenvalue weighted by atomic mass is 32.1. The van der Waals surface area contributed by atoms with Crippen LogP contribution in [0.2, 0.25) is 0 Å². The van der Waals surface area contributed by atoms with Gasteiger partial charge in [0.1, 0.15) is 15.6 Å². The van der Waals surface area contributed by atoms with Gasteiger partial charge in [-0.25, -0.2) is 0 Å². The van der Waals surface area contributed by atoms with Gasteiger partial charge in [-0.05, 0) is 32.1 Å². The third-order valence-electron chi connectivity index (χ3n) is 3.65. The van der Waals surface area contributed by atoms with E-state index in [1.807, 2.05) is 13.8 Å². The monoisotopic (exact) mass is 311 g/mol. The minimum Gasteiger partial charge on any atom is -0.486 e. The van der Waals surface area contributed by atoms with Crippen LogP contribution in [0.4, 0.5) is 10.7 Å². The normalized spacial score (nSPS) is 18.0. The largest absolute Gasteiger partial charge is 0.486 e. The maximum atomic E-state index is 11.6. The van der Waals surface area contributed by atoms with E-state index in [0.717, 1.165) is 24.5 Å². The summed E-state index contributed by atoms with van der Waals surface area (Å²) in [6.07, 6.45) is 2.32. The minimum absolute atomic E-state index is 0.000762. The molecule has 6 heteroatoms. The number of rotatable bonds is 4. The predicted octanol–water partition coefficient (Wildman–Crippen LogP) is 2.84. The van der Waals surface area contributed by atoms with Gasteiger partial charge in [-0.1, -0.05) is 13.8 Å². The Balaban J connectivity index is 2.41. The summed E-state index contributed by atoms with van der Waals surface area (Å²) in [5.41, 5.74) is 12.1. The Morgan fingerprint density at radius 2 is 2.10 bits per heavy atom. The number of carbonyl (C=O) groups excluding carboxylic acids is 1. The van der Waals surface area contributed by atoms with E-state index in [9.17, 15) is 4.79 Å². The number of anilines is 2. The molecule has 5 nitrogen and oxygen atoms in total. The van der Waals surface area contributed by atoms with Crippen molar-refractivity contribution in [3.63, 3.8) is 0 Å². The van der Waals surface area contributed by atoms with Crippen LogP contribution < -0.4 is 21.1 Å². The van der Waals surface area contributed by atoms with E-state index < -0.39 is 5.91 Å². The molecule has 1 aromatic heterocycles. The van der Waals surface area contributed by atoms with E-state index >= 15 is 0 Å². The topological polar surface area (TPSA) is 81.6 Å². The zero-order valence-corrected chi connectivity index (χ0v) is 14.0. The Kier molecular flexibility index (Phi) is 4.37. The summed E-state index contributed by atoms with van der Waals surface area (Å²) in [6.45, 7) is 10.3. The predicted molar refractivity (Wildman–Crippen MR) is 88.2 cm³/mol. The van der Waals surface area contributed by atoms with E-state index in [1.54, 1.807) is 0 Å². The van der Waals surface area contributed by atoms with E-state index in [4.69, 9.17) is 16.2 Å². The second-order valence-electron chi connectivity index (χ2n) is 6.70. The maximum absolute atomic E-state index is 11.6. The fourth-order valence-electron chi connectivity index (χ4n) is 2.75. The van der Waals surface area contributed by atoms with Crippen LogP contribution in [0.3, 0.4) is 0 Å². The molecule has 0 saturated carbocycles. The van der Waals surface area contributed by atoms with Crippen LogP contribution in [0.5, 0.6) is 5.75 Å². The molecular weight excluding hydrogens is 286 g/mol. The maximum Gasteiger partial charge on any atom is 0.261 e. The number of ether oxygens (including phenoxy) is 1. The highest BCUT2D eigenvalue weighted by Crippen LogP contribution is 2.47. The van der Waals surface area contributed by atoms with Gasteiger partial charge in [0.15, 0.2) is 5.75 Å². The molecule has 1 aromatic rings. The molecule has 118 valence electrons. The molecule has 1 amide bonds. The molecule has 0 radical (unpaired) electrons. The summed E-state index contributed by atoms with van der Waals surface area (Å²) in [6, 6.07) is 0. The quantitative estimate of drug-likeness (QED) is 0.896. The van der Waals surface area contributed by atoms with E-state index in [0.29, 0.717) is 16.3 Å². The van der Waals surface area contributed by atoms with Gasteiger partial charge in [-0.15, -0.1) is 11.3 Å². The fourth-order valence-corrected chi connectivity index (χ4v) is 3.79. The van der Waals surface area contributed by atoms with Gasteiger partial charge in [0.05, 0.1) is 6.10 Å². The summed E-state index contributed by atoms with van der Waals surface area (Å²) in [4.78, 5) is 14.2. The summed E-state index contributed by atoms with van der Waals surface area (Å²) in [5.74, 6) is 0.120. The number of nitrogens with zero attached hydrogens (tertiary/aromatic N) is 1. The molecule has 0 atom stereocenters. The summed E-state index contributed by atoms with van der Waals surface area (Å²) in [7, 11) is 0. The molecular formula is C15H25N3O2S. The summed E-state index contributed by atoms with van der Waals surface area (Å²) >= 11 is 1.34. The summed E-state index contributed by atoms with van der Waals surface area (Å²) in [5, 5.41) is 0.933. The molecule has 2 heterocycles. The number of piperidine rings is 1. The second kappa shape index (κ2) is 5.75. The molecule has 0 spiro atoms. The molecule has 1 aliphatic rings. The standard InChI is InChI=1S/C15H25N3O2S/c1-9(2)20-11-10(16)12(13(17)19)21-14(11)18-7-5-6-15(3,4)8-18/h9H,5-8,16H2,1-4H3,(H2,17,19). The van der Waals surface area contributed by atoms with Crippen LogP contribution in [0.15, 0.2) is 0 Å². The van der Waals surface area contributed by atoms with Gasteiger partial charge >= 0.3 is 0 Å².